The minimum atomic E-state index is -0.0792. The van der Waals surface area contributed by atoms with Crippen LogP contribution in [-0.2, 0) is 4.74 Å². The third-order valence-corrected chi connectivity index (χ3v) is 3.32. The zero-order valence-electron chi connectivity index (χ0n) is 9.65. The number of rotatable bonds is 2. The number of benzene rings is 1. The van der Waals surface area contributed by atoms with Crippen LogP contribution >= 0.6 is 0 Å². The molecule has 1 aromatic carbocycles. The summed E-state index contributed by atoms with van der Waals surface area (Å²) in [5, 5.41) is 9.88. The molecule has 1 aliphatic rings. The summed E-state index contributed by atoms with van der Waals surface area (Å²) in [5.74, 6) is 0.737. The summed E-state index contributed by atoms with van der Waals surface area (Å²) < 4.78 is 5.32. The van der Waals surface area contributed by atoms with Gasteiger partial charge in [0, 0.05) is 24.8 Å². The predicted molar refractivity (Wildman–Crippen MR) is 63.3 cm³/mol. The minimum absolute atomic E-state index is 0.0792. The summed E-state index contributed by atoms with van der Waals surface area (Å²) in [6.45, 7) is 3.53. The molecule has 0 bridgehead atoms. The van der Waals surface area contributed by atoms with Crippen LogP contribution in [0.4, 0.5) is 0 Å². The Morgan fingerprint density at radius 1 is 1.38 bits per heavy atom. The molecular weight excluding hydrogens is 202 g/mol. The summed E-state index contributed by atoms with van der Waals surface area (Å²) in [6.07, 6.45) is 1.96. The fourth-order valence-corrected chi connectivity index (χ4v) is 2.26. The summed E-state index contributed by atoms with van der Waals surface area (Å²) in [5.41, 5.74) is 8.12. The Balaban J connectivity index is 2.15. The first-order valence-electron chi connectivity index (χ1n) is 5.81. The van der Waals surface area contributed by atoms with E-state index in [-0.39, 0.29) is 6.04 Å². The van der Waals surface area contributed by atoms with Crippen LogP contribution in [0.5, 0.6) is 5.75 Å². The zero-order chi connectivity index (χ0) is 11.5. The lowest BCUT2D eigenvalue weighted by atomic mass is 9.87. The minimum Gasteiger partial charge on any atom is -0.508 e. The van der Waals surface area contributed by atoms with Gasteiger partial charge in [-0.25, -0.2) is 0 Å². The number of phenolic OH excluding ortho intramolecular Hbond substituents is 1. The lowest BCUT2D eigenvalue weighted by Crippen LogP contribution is -2.27. The van der Waals surface area contributed by atoms with Crippen molar-refractivity contribution >= 4 is 0 Å². The second-order valence-electron chi connectivity index (χ2n) is 4.54. The van der Waals surface area contributed by atoms with Crippen molar-refractivity contribution in [3.8, 4) is 5.75 Å². The number of nitrogens with two attached hydrogens (primary N) is 1. The Morgan fingerprint density at radius 2 is 2.06 bits per heavy atom. The zero-order valence-corrected chi connectivity index (χ0v) is 9.65. The maximum absolute atomic E-state index is 9.88. The van der Waals surface area contributed by atoms with Gasteiger partial charge in [0.1, 0.15) is 5.75 Å². The van der Waals surface area contributed by atoms with Gasteiger partial charge < -0.3 is 15.6 Å². The van der Waals surface area contributed by atoms with E-state index in [9.17, 15) is 5.11 Å². The van der Waals surface area contributed by atoms with E-state index in [2.05, 4.69) is 0 Å². The van der Waals surface area contributed by atoms with Crippen molar-refractivity contribution in [2.24, 2.45) is 11.7 Å². The number of aryl methyl sites for hydroxylation is 1. The van der Waals surface area contributed by atoms with Crippen molar-refractivity contribution in [3.63, 3.8) is 0 Å². The van der Waals surface area contributed by atoms with Crippen LogP contribution < -0.4 is 5.73 Å². The van der Waals surface area contributed by atoms with Crippen molar-refractivity contribution in [1.29, 1.82) is 0 Å². The van der Waals surface area contributed by atoms with E-state index in [4.69, 9.17) is 10.5 Å². The monoisotopic (exact) mass is 221 g/mol. The number of ether oxygens (including phenoxy) is 1. The first kappa shape index (κ1) is 11.4. The molecule has 3 nitrogen and oxygen atoms in total. The van der Waals surface area contributed by atoms with E-state index in [0.29, 0.717) is 11.7 Å². The fourth-order valence-electron chi connectivity index (χ4n) is 2.26. The molecule has 0 spiro atoms. The predicted octanol–water partition coefficient (Wildman–Crippen LogP) is 2.13. The third-order valence-electron chi connectivity index (χ3n) is 3.32. The highest BCUT2D eigenvalue weighted by Crippen LogP contribution is 2.33. The molecule has 1 fully saturated rings. The van der Waals surface area contributed by atoms with Crippen LogP contribution in [0.1, 0.15) is 30.0 Å². The van der Waals surface area contributed by atoms with Gasteiger partial charge in [0.2, 0.25) is 0 Å². The summed E-state index contributed by atoms with van der Waals surface area (Å²) in [7, 11) is 0. The summed E-state index contributed by atoms with van der Waals surface area (Å²) in [4.78, 5) is 0. The maximum atomic E-state index is 9.88. The standard InChI is InChI=1S/C13H19NO2/c1-9-2-3-11(12(15)8-9)13(14)10-4-6-16-7-5-10/h2-3,8,10,13,15H,4-7,14H2,1H3/t13-/m1/s1. The molecule has 0 saturated carbocycles. The van der Waals surface area contributed by atoms with Gasteiger partial charge in [0.05, 0.1) is 0 Å². The Morgan fingerprint density at radius 3 is 2.69 bits per heavy atom. The second-order valence-corrected chi connectivity index (χ2v) is 4.54. The van der Waals surface area contributed by atoms with E-state index in [1.165, 1.54) is 0 Å². The Bertz CT molecular complexity index is 359. The van der Waals surface area contributed by atoms with Crippen molar-refractivity contribution in [2.75, 3.05) is 13.2 Å². The van der Waals surface area contributed by atoms with Gasteiger partial charge in [-0.05, 0) is 37.3 Å². The summed E-state index contributed by atoms with van der Waals surface area (Å²) >= 11 is 0. The van der Waals surface area contributed by atoms with Crippen molar-refractivity contribution in [3.05, 3.63) is 29.3 Å². The molecule has 3 heteroatoms. The van der Waals surface area contributed by atoms with E-state index in [1.54, 1.807) is 6.07 Å². The lowest BCUT2D eigenvalue weighted by molar-refractivity contribution is 0.0581. The Hall–Kier alpha value is -1.06. The largest absolute Gasteiger partial charge is 0.508 e. The van der Waals surface area contributed by atoms with Gasteiger partial charge in [0.15, 0.2) is 0 Å². The van der Waals surface area contributed by atoms with Crippen molar-refractivity contribution in [2.45, 2.75) is 25.8 Å². The van der Waals surface area contributed by atoms with Gasteiger partial charge >= 0.3 is 0 Å². The van der Waals surface area contributed by atoms with Gasteiger partial charge in [-0.2, -0.15) is 0 Å². The topological polar surface area (TPSA) is 55.5 Å². The summed E-state index contributed by atoms with van der Waals surface area (Å²) in [6, 6.07) is 5.62. The molecule has 1 heterocycles. The molecule has 1 saturated heterocycles. The Kier molecular flexibility index (Phi) is 3.46. The van der Waals surface area contributed by atoms with E-state index < -0.39 is 0 Å². The van der Waals surface area contributed by atoms with Gasteiger partial charge in [0.25, 0.3) is 0 Å². The highest BCUT2D eigenvalue weighted by Gasteiger charge is 2.23. The number of hydrogen-bond acceptors (Lipinski definition) is 3. The lowest BCUT2D eigenvalue weighted by Gasteiger charge is -2.28. The quantitative estimate of drug-likeness (QED) is 0.804. The normalized spacial score (nSPS) is 19.6. The van der Waals surface area contributed by atoms with Crippen LogP contribution in [0.15, 0.2) is 18.2 Å². The molecular formula is C13H19NO2. The van der Waals surface area contributed by atoms with Crippen LogP contribution in [0.3, 0.4) is 0 Å². The smallest absolute Gasteiger partial charge is 0.120 e. The molecule has 0 unspecified atom stereocenters. The van der Waals surface area contributed by atoms with E-state index in [1.807, 2.05) is 19.1 Å². The molecule has 2 rings (SSSR count). The molecule has 16 heavy (non-hydrogen) atoms. The van der Waals surface area contributed by atoms with Crippen LogP contribution in [-0.4, -0.2) is 18.3 Å². The van der Waals surface area contributed by atoms with Crippen molar-refractivity contribution in [1.82, 2.24) is 0 Å². The molecule has 1 aliphatic heterocycles. The first-order chi connectivity index (χ1) is 7.68. The van der Waals surface area contributed by atoms with E-state index in [0.717, 1.165) is 37.2 Å². The Labute approximate surface area is 96.2 Å². The molecule has 88 valence electrons. The maximum Gasteiger partial charge on any atom is 0.120 e. The van der Waals surface area contributed by atoms with E-state index >= 15 is 0 Å². The van der Waals surface area contributed by atoms with Gasteiger partial charge in [-0.1, -0.05) is 12.1 Å². The van der Waals surface area contributed by atoms with Gasteiger partial charge in [-0.15, -0.1) is 0 Å². The average Bonchev–Trinajstić information content (AvgIpc) is 2.29. The molecule has 3 N–H and O–H groups in total. The molecule has 0 aliphatic carbocycles. The third kappa shape index (κ3) is 2.36. The van der Waals surface area contributed by atoms with Gasteiger partial charge in [-0.3, -0.25) is 0 Å². The highest BCUT2D eigenvalue weighted by molar-refractivity contribution is 5.38. The van der Waals surface area contributed by atoms with Crippen molar-refractivity contribution < 1.29 is 9.84 Å². The van der Waals surface area contributed by atoms with Crippen LogP contribution in [0.25, 0.3) is 0 Å². The number of aromatic hydroxyl groups is 1. The molecule has 0 aromatic heterocycles. The molecule has 0 radical (unpaired) electrons. The molecule has 0 amide bonds. The fraction of sp³-hybridized carbons (Fsp3) is 0.538. The number of phenols is 1. The second kappa shape index (κ2) is 4.85. The van der Waals surface area contributed by atoms with Crippen LogP contribution in [0.2, 0.25) is 0 Å². The molecule has 1 atom stereocenters. The highest BCUT2D eigenvalue weighted by atomic mass is 16.5. The average molecular weight is 221 g/mol. The SMILES string of the molecule is Cc1ccc([C@H](N)C2CCOCC2)c(O)c1. The molecule has 1 aromatic rings. The number of hydrogen-bond donors (Lipinski definition) is 2. The first-order valence-corrected chi connectivity index (χ1v) is 5.81. The van der Waals surface area contributed by atoms with Crippen LogP contribution in [0, 0.1) is 12.8 Å².